The van der Waals surface area contributed by atoms with Crippen LogP contribution in [0.5, 0.6) is 0 Å². The van der Waals surface area contributed by atoms with Gasteiger partial charge in [-0.25, -0.2) is 0 Å². The molecule has 0 aliphatic heterocycles. The number of primary amides is 1. The van der Waals surface area contributed by atoms with Gasteiger partial charge in [-0.15, -0.1) is 11.3 Å². The summed E-state index contributed by atoms with van der Waals surface area (Å²) in [4.78, 5) is 12.2. The average molecular weight is 212 g/mol. The highest BCUT2D eigenvalue weighted by Gasteiger charge is 2.10. The van der Waals surface area contributed by atoms with Crippen LogP contribution in [0.25, 0.3) is 0 Å². The molecule has 0 aliphatic carbocycles. The van der Waals surface area contributed by atoms with Crippen LogP contribution in [-0.4, -0.2) is 18.5 Å². The Labute approximate surface area is 88.3 Å². The monoisotopic (exact) mass is 212 g/mol. The molecule has 0 aliphatic rings. The van der Waals surface area contributed by atoms with Crippen molar-refractivity contribution in [2.45, 2.75) is 25.8 Å². The second kappa shape index (κ2) is 5.78. The molecule has 0 spiro atoms. The van der Waals surface area contributed by atoms with Crippen LogP contribution in [0.4, 0.5) is 0 Å². The Morgan fingerprint density at radius 1 is 1.71 bits per heavy atom. The predicted molar refractivity (Wildman–Crippen MR) is 59.3 cm³/mol. The molecule has 1 aromatic heterocycles. The number of nitrogens with one attached hydrogen (secondary N) is 1. The van der Waals surface area contributed by atoms with Crippen LogP contribution in [0.2, 0.25) is 0 Å². The van der Waals surface area contributed by atoms with Gasteiger partial charge in [0.2, 0.25) is 5.91 Å². The summed E-state index contributed by atoms with van der Waals surface area (Å²) in [6.45, 7) is 2.76. The van der Waals surface area contributed by atoms with E-state index in [1.807, 2.05) is 13.0 Å². The Balaban J connectivity index is 2.23. The van der Waals surface area contributed by atoms with Crippen molar-refractivity contribution in [3.05, 3.63) is 22.4 Å². The summed E-state index contributed by atoms with van der Waals surface area (Å²) in [5, 5.41) is 5.20. The summed E-state index contributed by atoms with van der Waals surface area (Å²) in [6, 6.07) is 3.94. The summed E-state index contributed by atoms with van der Waals surface area (Å²) in [7, 11) is 0. The molecular weight excluding hydrogens is 196 g/mol. The van der Waals surface area contributed by atoms with Crippen LogP contribution in [0.3, 0.4) is 0 Å². The Morgan fingerprint density at radius 3 is 3.00 bits per heavy atom. The lowest BCUT2D eigenvalue weighted by molar-refractivity contribution is -0.120. The van der Waals surface area contributed by atoms with Gasteiger partial charge in [-0.3, -0.25) is 4.79 Å². The maximum absolute atomic E-state index is 10.9. The molecule has 0 radical (unpaired) electrons. The second-order valence-electron chi connectivity index (χ2n) is 3.15. The van der Waals surface area contributed by atoms with E-state index in [1.54, 1.807) is 11.3 Å². The molecule has 0 fully saturated rings. The first-order chi connectivity index (χ1) is 6.74. The topological polar surface area (TPSA) is 55.1 Å². The molecule has 14 heavy (non-hydrogen) atoms. The standard InChI is InChI=1S/C10H16N2OS/c1-2-9(10(11)13)12-6-5-8-4-3-7-14-8/h3-4,7,9,12H,2,5-6H2,1H3,(H2,11,13). The molecule has 78 valence electrons. The Morgan fingerprint density at radius 2 is 2.50 bits per heavy atom. The quantitative estimate of drug-likeness (QED) is 0.743. The molecule has 4 heteroatoms. The number of hydrogen-bond donors (Lipinski definition) is 2. The highest BCUT2D eigenvalue weighted by molar-refractivity contribution is 7.09. The highest BCUT2D eigenvalue weighted by atomic mass is 32.1. The van der Waals surface area contributed by atoms with Crippen LogP contribution in [0.15, 0.2) is 17.5 Å². The molecule has 1 heterocycles. The summed E-state index contributed by atoms with van der Waals surface area (Å²) in [6.07, 6.45) is 1.71. The molecule has 1 amide bonds. The van der Waals surface area contributed by atoms with E-state index < -0.39 is 0 Å². The van der Waals surface area contributed by atoms with Gasteiger partial charge in [0.1, 0.15) is 0 Å². The number of thiophene rings is 1. The van der Waals surface area contributed by atoms with Crippen molar-refractivity contribution in [1.82, 2.24) is 5.32 Å². The van der Waals surface area contributed by atoms with Gasteiger partial charge >= 0.3 is 0 Å². The van der Waals surface area contributed by atoms with Crippen molar-refractivity contribution in [2.75, 3.05) is 6.54 Å². The minimum absolute atomic E-state index is 0.185. The van der Waals surface area contributed by atoms with Crippen LogP contribution in [0, 0.1) is 0 Å². The number of hydrogen-bond acceptors (Lipinski definition) is 3. The van der Waals surface area contributed by atoms with Crippen molar-refractivity contribution < 1.29 is 4.79 Å². The summed E-state index contributed by atoms with van der Waals surface area (Å²) in [5.41, 5.74) is 5.21. The van der Waals surface area contributed by atoms with E-state index in [0.29, 0.717) is 0 Å². The lowest BCUT2D eigenvalue weighted by atomic mass is 10.2. The Bertz CT molecular complexity index is 272. The molecule has 1 rings (SSSR count). The van der Waals surface area contributed by atoms with Crippen molar-refractivity contribution >= 4 is 17.2 Å². The van der Waals surface area contributed by atoms with Crippen molar-refractivity contribution in [3.63, 3.8) is 0 Å². The number of rotatable bonds is 6. The van der Waals surface area contributed by atoms with Gasteiger partial charge in [-0.2, -0.15) is 0 Å². The first-order valence-electron chi connectivity index (χ1n) is 4.79. The molecule has 3 nitrogen and oxygen atoms in total. The Hall–Kier alpha value is -0.870. The molecule has 0 saturated heterocycles. The predicted octanol–water partition coefficient (Wildman–Crippen LogP) is 1.14. The third kappa shape index (κ3) is 3.47. The normalized spacial score (nSPS) is 12.6. The third-order valence-electron chi connectivity index (χ3n) is 2.09. The molecular formula is C10H16N2OS. The first kappa shape index (κ1) is 11.2. The van der Waals surface area contributed by atoms with E-state index in [9.17, 15) is 4.79 Å². The van der Waals surface area contributed by atoms with Crippen molar-refractivity contribution in [3.8, 4) is 0 Å². The van der Waals surface area contributed by atoms with Gasteiger partial charge in [-0.1, -0.05) is 13.0 Å². The zero-order valence-corrected chi connectivity index (χ0v) is 9.14. The fourth-order valence-corrected chi connectivity index (χ4v) is 1.98. The van der Waals surface area contributed by atoms with E-state index in [0.717, 1.165) is 19.4 Å². The van der Waals surface area contributed by atoms with Gasteiger partial charge in [0, 0.05) is 11.4 Å². The minimum atomic E-state index is -0.265. The SMILES string of the molecule is CCC(NCCc1cccs1)C(N)=O. The fraction of sp³-hybridized carbons (Fsp3) is 0.500. The lowest BCUT2D eigenvalue weighted by Crippen LogP contribution is -2.41. The maximum atomic E-state index is 10.9. The van der Waals surface area contributed by atoms with Crippen LogP contribution >= 0.6 is 11.3 Å². The van der Waals surface area contributed by atoms with Gasteiger partial charge < -0.3 is 11.1 Å². The van der Waals surface area contributed by atoms with Crippen LogP contribution < -0.4 is 11.1 Å². The molecule has 0 saturated carbocycles. The van der Waals surface area contributed by atoms with Gasteiger partial charge in [0.25, 0.3) is 0 Å². The third-order valence-corrected chi connectivity index (χ3v) is 3.03. The zero-order chi connectivity index (χ0) is 10.4. The smallest absolute Gasteiger partial charge is 0.234 e. The number of amides is 1. The van der Waals surface area contributed by atoms with Crippen molar-refractivity contribution in [1.29, 1.82) is 0 Å². The second-order valence-corrected chi connectivity index (χ2v) is 4.18. The molecule has 3 N–H and O–H groups in total. The van der Waals surface area contributed by atoms with Crippen LogP contribution in [0.1, 0.15) is 18.2 Å². The van der Waals surface area contributed by atoms with E-state index in [1.165, 1.54) is 4.88 Å². The fourth-order valence-electron chi connectivity index (χ4n) is 1.27. The molecule has 0 aromatic carbocycles. The maximum Gasteiger partial charge on any atom is 0.234 e. The number of carbonyl (C=O) groups excluding carboxylic acids is 1. The largest absolute Gasteiger partial charge is 0.368 e. The van der Waals surface area contributed by atoms with Gasteiger partial charge in [-0.05, 0) is 24.3 Å². The average Bonchev–Trinajstić information content (AvgIpc) is 2.64. The van der Waals surface area contributed by atoms with Gasteiger partial charge in [0.15, 0.2) is 0 Å². The van der Waals surface area contributed by atoms with E-state index in [2.05, 4.69) is 16.8 Å². The zero-order valence-electron chi connectivity index (χ0n) is 8.32. The summed E-state index contributed by atoms with van der Waals surface area (Å²) >= 11 is 1.73. The molecule has 1 aromatic rings. The Kier molecular flexibility index (Phi) is 4.62. The van der Waals surface area contributed by atoms with E-state index >= 15 is 0 Å². The van der Waals surface area contributed by atoms with E-state index in [4.69, 9.17) is 5.73 Å². The number of carbonyl (C=O) groups is 1. The first-order valence-corrected chi connectivity index (χ1v) is 5.67. The summed E-state index contributed by atoms with van der Waals surface area (Å²) < 4.78 is 0. The number of nitrogens with two attached hydrogens (primary N) is 1. The highest BCUT2D eigenvalue weighted by Crippen LogP contribution is 2.08. The summed E-state index contributed by atoms with van der Waals surface area (Å²) in [5.74, 6) is -0.265. The van der Waals surface area contributed by atoms with Crippen molar-refractivity contribution in [2.24, 2.45) is 5.73 Å². The minimum Gasteiger partial charge on any atom is -0.368 e. The van der Waals surface area contributed by atoms with E-state index in [-0.39, 0.29) is 11.9 Å². The lowest BCUT2D eigenvalue weighted by Gasteiger charge is -2.12. The van der Waals surface area contributed by atoms with Crippen LogP contribution in [-0.2, 0) is 11.2 Å². The molecule has 1 unspecified atom stereocenters. The molecule has 1 atom stereocenters. The van der Waals surface area contributed by atoms with Gasteiger partial charge in [0.05, 0.1) is 6.04 Å². The molecule has 0 bridgehead atoms.